The number of aromatic carboxylic acids is 1. The minimum absolute atomic E-state index is 0.197. The molecule has 14 nitrogen and oxygen atoms in total. The standard InChI is InChI=1S/C23H22F3N5O2.C22H20F3N5O2/c1-14-10-16(4-5-17(14)22(32)33-3)31-13-28-21-18(27-9-7-23(24,25)26)11-15(12-20(21)31)19-6-8-29-30(19)2;1-13-9-15(3-4-16(13)21(31)32)30-12-27-20-17(26-8-6-22(23,24)25)10-14(11-19(20)30)18-5-7-28-29(18)2/h4-6,8,10-13,27H,7,9H2,1-3H3;3-5,7,9-12,26H,6,8H2,1-2H3,(H,31,32). The number of halogens is 6. The number of carboxylic acids is 1. The minimum atomic E-state index is -4.27. The molecule has 3 N–H and O–H groups in total. The van der Waals surface area contributed by atoms with Crippen molar-refractivity contribution < 1.29 is 45.8 Å². The topological polar surface area (TPSA) is 159 Å². The highest BCUT2D eigenvalue weighted by molar-refractivity contribution is 5.96. The number of benzene rings is 4. The first kappa shape index (κ1) is 45.4. The van der Waals surface area contributed by atoms with Crippen LogP contribution in [0.4, 0.5) is 37.7 Å². The van der Waals surface area contributed by atoms with Crippen LogP contribution in [-0.2, 0) is 18.8 Å². The van der Waals surface area contributed by atoms with Gasteiger partial charge in [-0.15, -0.1) is 0 Å². The van der Waals surface area contributed by atoms with Crippen molar-refractivity contribution in [2.75, 3.05) is 30.8 Å². The fourth-order valence-electron chi connectivity index (χ4n) is 7.38. The Morgan fingerprint density at radius 3 is 1.43 bits per heavy atom. The Bertz CT molecular complexity index is 3040. The Morgan fingerprint density at radius 1 is 0.646 bits per heavy atom. The van der Waals surface area contributed by atoms with Gasteiger partial charge < -0.3 is 20.5 Å². The number of esters is 1. The summed E-state index contributed by atoms with van der Waals surface area (Å²) in [6, 6.07) is 21.2. The SMILES string of the molecule is COC(=O)c1ccc(-n2cnc3c(NCCC(F)(F)F)cc(-c4ccnn4C)cc32)cc1C.Cc1cc(-n2cnc3c(NCCC(F)(F)F)cc(-c4ccnn4C)cc32)ccc1C(=O)O. The van der Waals surface area contributed by atoms with Gasteiger partial charge in [-0.3, -0.25) is 18.5 Å². The lowest BCUT2D eigenvalue weighted by atomic mass is 10.1. The molecule has 0 fully saturated rings. The van der Waals surface area contributed by atoms with E-state index in [0.29, 0.717) is 50.3 Å². The van der Waals surface area contributed by atoms with E-state index in [1.54, 1.807) is 103 Å². The van der Waals surface area contributed by atoms with Crippen molar-refractivity contribution in [3.8, 4) is 33.9 Å². The molecule has 0 radical (unpaired) electrons. The zero-order valence-corrected chi connectivity index (χ0v) is 35.6. The van der Waals surface area contributed by atoms with Crippen LogP contribution in [0.1, 0.15) is 44.7 Å². The molecule has 0 spiro atoms. The van der Waals surface area contributed by atoms with Crippen LogP contribution < -0.4 is 10.6 Å². The first-order valence-electron chi connectivity index (χ1n) is 20.0. The number of alkyl halides is 6. The van der Waals surface area contributed by atoms with Crippen molar-refractivity contribution in [3.63, 3.8) is 0 Å². The van der Waals surface area contributed by atoms with Crippen LogP contribution in [0.5, 0.6) is 0 Å². The fourth-order valence-corrected chi connectivity index (χ4v) is 7.38. The van der Waals surface area contributed by atoms with Crippen molar-refractivity contribution in [2.45, 2.75) is 39.0 Å². The third kappa shape index (κ3) is 10.1. The zero-order chi connectivity index (χ0) is 46.8. The van der Waals surface area contributed by atoms with E-state index in [2.05, 4.69) is 30.8 Å². The number of methoxy groups -OCH3 is 1. The number of hydrogen-bond acceptors (Lipinski definition) is 9. The van der Waals surface area contributed by atoms with Gasteiger partial charge in [0.25, 0.3) is 0 Å². The molecule has 0 saturated carbocycles. The van der Waals surface area contributed by atoms with Crippen LogP contribution in [0.3, 0.4) is 0 Å². The average Bonchev–Trinajstić information content (AvgIpc) is 4.06. The molecular formula is C45H42F6N10O4. The Morgan fingerprint density at radius 2 is 1.08 bits per heavy atom. The summed E-state index contributed by atoms with van der Waals surface area (Å²) in [6.07, 6.45) is -3.98. The summed E-state index contributed by atoms with van der Waals surface area (Å²) in [5.74, 6) is -1.44. The van der Waals surface area contributed by atoms with Gasteiger partial charge in [-0.1, -0.05) is 0 Å². The lowest BCUT2D eigenvalue weighted by molar-refractivity contribution is -0.132. The molecule has 4 aromatic carbocycles. The van der Waals surface area contributed by atoms with Gasteiger partial charge >= 0.3 is 24.3 Å². The number of aryl methyl sites for hydroxylation is 4. The largest absolute Gasteiger partial charge is 0.478 e. The number of carbonyl (C=O) groups is 2. The number of carbonyl (C=O) groups excluding carboxylic acids is 1. The van der Waals surface area contributed by atoms with Gasteiger partial charge in [0.1, 0.15) is 23.7 Å². The van der Waals surface area contributed by atoms with Crippen molar-refractivity contribution in [1.29, 1.82) is 0 Å². The monoisotopic (exact) mass is 900 g/mol. The lowest BCUT2D eigenvalue weighted by Gasteiger charge is -2.13. The first-order chi connectivity index (χ1) is 30.8. The molecule has 4 aromatic heterocycles. The van der Waals surface area contributed by atoms with Gasteiger partial charge in [0.15, 0.2) is 0 Å². The number of nitrogens with zero attached hydrogens (tertiary/aromatic N) is 8. The highest BCUT2D eigenvalue weighted by Gasteiger charge is 2.28. The second-order valence-electron chi connectivity index (χ2n) is 15.1. The molecule has 0 atom stereocenters. The number of rotatable bonds is 12. The minimum Gasteiger partial charge on any atom is -0.478 e. The molecule has 8 rings (SSSR count). The van der Waals surface area contributed by atoms with Gasteiger partial charge in [0, 0.05) is 62.1 Å². The van der Waals surface area contributed by atoms with Gasteiger partial charge in [-0.2, -0.15) is 36.5 Å². The molecule has 0 aliphatic rings. The van der Waals surface area contributed by atoms with Crippen molar-refractivity contribution in [3.05, 3.63) is 120 Å². The summed E-state index contributed by atoms with van der Waals surface area (Å²) in [5.41, 5.74) is 9.94. The Kier molecular flexibility index (Phi) is 12.7. The number of hydrogen-bond donors (Lipinski definition) is 3. The Labute approximate surface area is 367 Å². The van der Waals surface area contributed by atoms with E-state index in [1.807, 2.05) is 34.9 Å². The Hall–Kier alpha value is -7.64. The van der Waals surface area contributed by atoms with E-state index < -0.39 is 37.1 Å². The molecular weight excluding hydrogens is 859 g/mol. The zero-order valence-electron chi connectivity index (χ0n) is 35.6. The predicted molar refractivity (Wildman–Crippen MR) is 233 cm³/mol. The highest BCUT2D eigenvalue weighted by Crippen LogP contribution is 2.34. The number of fused-ring (bicyclic) bond motifs is 2. The third-order valence-corrected chi connectivity index (χ3v) is 10.6. The molecule has 0 aliphatic heterocycles. The maximum atomic E-state index is 12.7. The summed E-state index contributed by atoms with van der Waals surface area (Å²) in [5, 5.41) is 23.4. The molecule has 0 saturated heterocycles. The number of aromatic nitrogens is 8. The molecule has 20 heteroatoms. The molecule has 0 amide bonds. The van der Waals surface area contributed by atoms with E-state index in [1.165, 1.54) is 13.2 Å². The quantitative estimate of drug-likeness (QED) is 0.0796. The smallest absolute Gasteiger partial charge is 0.390 e. The molecule has 4 heterocycles. The second-order valence-corrected chi connectivity index (χ2v) is 15.1. The van der Waals surface area contributed by atoms with E-state index >= 15 is 0 Å². The highest BCUT2D eigenvalue weighted by atomic mass is 19.4. The summed E-state index contributed by atoms with van der Waals surface area (Å²) in [6.45, 7) is 2.96. The van der Waals surface area contributed by atoms with E-state index in [0.717, 1.165) is 33.8 Å². The van der Waals surface area contributed by atoms with Crippen LogP contribution in [0.15, 0.2) is 97.8 Å². The van der Waals surface area contributed by atoms with Crippen LogP contribution in [0.25, 0.3) is 56.0 Å². The van der Waals surface area contributed by atoms with Gasteiger partial charge in [-0.05, 0) is 97.8 Å². The van der Waals surface area contributed by atoms with E-state index in [-0.39, 0.29) is 18.7 Å². The normalized spacial score (nSPS) is 11.7. The molecule has 65 heavy (non-hydrogen) atoms. The Balaban J connectivity index is 0.000000194. The number of nitrogens with one attached hydrogen (secondary N) is 2. The van der Waals surface area contributed by atoms with Crippen LogP contribution in [0, 0.1) is 13.8 Å². The number of imidazole rings is 2. The maximum absolute atomic E-state index is 12.7. The number of carboxylic acid groups (broad SMARTS) is 1. The van der Waals surface area contributed by atoms with E-state index in [4.69, 9.17) is 4.74 Å². The average molecular weight is 901 g/mol. The van der Waals surface area contributed by atoms with Crippen molar-refractivity contribution in [2.24, 2.45) is 14.1 Å². The van der Waals surface area contributed by atoms with Crippen molar-refractivity contribution >= 4 is 45.4 Å². The van der Waals surface area contributed by atoms with E-state index in [9.17, 15) is 41.0 Å². The third-order valence-electron chi connectivity index (χ3n) is 10.6. The molecule has 0 unspecified atom stereocenters. The van der Waals surface area contributed by atoms with Gasteiger partial charge in [-0.25, -0.2) is 19.6 Å². The summed E-state index contributed by atoms with van der Waals surface area (Å²) >= 11 is 0. The van der Waals surface area contributed by atoms with Gasteiger partial charge in [0.2, 0.25) is 0 Å². The van der Waals surface area contributed by atoms with Crippen molar-refractivity contribution in [1.82, 2.24) is 38.7 Å². The maximum Gasteiger partial charge on any atom is 0.390 e. The predicted octanol–water partition coefficient (Wildman–Crippen LogP) is 9.68. The second kappa shape index (κ2) is 18.2. The van der Waals surface area contributed by atoms with Crippen LogP contribution in [0.2, 0.25) is 0 Å². The molecule has 338 valence electrons. The molecule has 8 aromatic rings. The first-order valence-corrected chi connectivity index (χ1v) is 20.0. The summed E-state index contributed by atoms with van der Waals surface area (Å²) in [4.78, 5) is 32.2. The number of anilines is 2. The van der Waals surface area contributed by atoms with Gasteiger partial charge in [0.05, 0.1) is 64.9 Å². The summed E-state index contributed by atoms with van der Waals surface area (Å²) in [7, 11) is 4.90. The summed E-state index contributed by atoms with van der Waals surface area (Å²) < 4.78 is 87.9. The van der Waals surface area contributed by atoms with Crippen LogP contribution >= 0.6 is 0 Å². The lowest BCUT2D eigenvalue weighted by Crippen LogP contribution is -2.14. The number of ether oxygens (including phenoxy) is 1. The van der Waals surface area contributed by atoms with Crippen LogP contribution in [-0.4, -0.2) is 88.3 Å². The molecule has 0 aliphatic carbocycles. The molecule has 0 bridgehead atoms. The fraction of sp³-hybridized carbons (Fsp3) is 0.244.